The molecule has 1 N–H and O–H groups in total. The second-order valence-electron chi connectivity index (χ2n) is 6.17. The fourth-order valence-electron chi connectivity index (χ4n) is 2.75. The maximum atomic E-state index is 11.4. The van der Waals surface area contributed by atoms with Crippen LogP contribution in [0.4, 0.5) is 0 Å². The van der Waals surface area contributed by atoms with Crippen LogP contribution < -0.4 is 0 Å². The van der Waals surface area contributed by atoms with E-state index in [1.165, 1.54) is 32.2 Å². The fraction of sp³-hybridized carbons (Fsp3) is 0.625. The van der Waals surface area contributed by atoms with Crippen LogP contribution in [0, 0.1) is 0 Å². The summed E-state index contributed by atoms with van der Waals surface area (Å²) in [6.07, 6.45) is 3.17. The normalized spacial score (nSPS) is 18.0. The lowest BCUT2D eigenvalue weighted by molar-refractivity contribution is 0.121. The average Bonchev–Trinajstić information content (AvgIpc) is 2.97. The van der Waals surface area contributed by atoms with E-state index < -0.39 is 15.9 Å². The second kappa shape index (κ2) is 7.55. The van der Waals surface area contributed by atoms with Gasteiger partial charge in [0, 0.05) is 25.9 Å². The molecule has 0 spiro atoms. The molecule has 0 bridgehead atoms. The third kappa shape index (κ3) is 5.05. The first-order valence-corrected chi connectivity index (χ1v) is 9.64. The zero-order valence-electron chi connectivity index (χ0n) is 13.4. The molecule has 1 aliphatic rings. The van der Waals surface area contributed by atoms with Gasteiger partial charge < -0.3 is 14.9 Å². The summed E-state index contributed by atoms with van der Waals surface area (Å²) in [4.78, 5) is 4.85. The number of sulfone groups is 1. The molecule has 22 heavy (non-hydrogen) atoms. The van der Waals surface area contributed by atoms with E-state index in [0.29, 0.717) is 6.54 Å². The minimum absolute atomic E-state index is 0.283. The van der Waals surface area contributed by atoms with Crippen LogP contribution in [-0.2, 0) is 9.84 Å². The van der Waals surface area contributed by atoms with Crippen LogP contribution in [0.5, 0.6) is 0 Å². The summed E-state index contributed by atoms with van der Waals surface area (Å²) >= 11 is 0. The molecule has 2 rings (SSSR count). The van der Waals surface area contributed by atoms with Crippen LogP contribution in [0.25, 0.3) is 0 Å². The molecule has 1 saturated heterocycles. The molecule has 124 valence electrons. The molecule has 6 heteroatoms. The lowest BCUT2D eigenvalue weighted by atomic mass is 10.1. The topological polar surface area (TPSA) is 60.9 Å². The number of nitrogens with zero attached hydrogens (tertiary/aromatic N) is 2. The van der Waals surface area contributed by atoms with Gasteiger partial charge in [0.2, 0.25) is 0 Å². The Morgan fingerprint density at radius 1 is 1.23 bits per heavy atom. The first-order valence-electron chi connectivity index (χ1n) is 7.75. The number of hydrogen-bond donors (Lipinski definition) is 1. The van der Waals surface area contributed by atoms with Crippen molar-refractivity contribution in [2.45, 2.75) is 23.8 Å². The largest absolute Gasteiger partial charge is 0.387 e. The van der Waals surface area contributed by atoms with Crippen LogP contribution in [0.3, 0.4) is 0 Å². The quantitative estimate of drug-likeness (QED) is 0.814. The van der Waals surface area contributed by atoms with Gasteiger partial charge in [0.05, 0.1) is 11.0 Å². The average molecular weight is 326 g/mol. The van der Waals surface area contributed by atoms with E-state index in [4.69, 9.17) is 0 Å². The molecule has 5 nitrogen and oxygen atoms in total. The molecular weight excluding hydrogens is 300 g/mol. The van der Waals surface area contributed by atoms with E-state index in [0.717, 1.165) is 18.7 Å². The molecule has 1 atom stereocenters. The van der Waals surface area contributed by atoms with Crippen molar-refractivity contribution in [3.8, 4) is 0 Å². The molecule has 1 aromatic rings. The third-order valence-electron chi connectivity index (χ3n) is 4.17. The van der Waals surface area contributed by atoms with Crippen LogP contribution in [0.15, 0.2) is 29.2 Å². The molecular formula is C16H26N2O3S. The van der Waals surface area contributed by atoms with Gasteiger partial charge in [0.1, 0.15) is 0 Å². The van der Waals surface area contributed by atoms with Gasteiger partial charge in [-0.25, -0.2) is 8.42 Å². The molecule has 0 saturated carbocycles. The highest BCUT2D eigenvalue weighted by Crippen LogP contribution is 2.17. The summed E-state index contributed by atoms with van der Waals surface area (Å²) in [5, 5.41) is 10.3. The monoisotopic (exact) mass is 326 g/mol. The zero-order valence-corrected chi connectivity index (χ0v) is 14.2. The van der Waals surface area contributed by atoms with Crippen molar-refractivity contribution < 1.29 is 13.5 Å². The molecule has 0 radical (unpaired) electrons. The van der Waals surface area contributed by atoms with E-state index in [9.17, 15) is 13.5 Å². The SMILES string of the molecule is CN(CCN1CCCC1)CC(O)c1ccc(S(C)(=O)=O)cc1. The maximum absolute atomic E-state index is 11.4. The molecule has 1 unspecified atom stereocenters. The highest BCUT2D eigenvalue weighted by atomic mass is 32.2. The van der Waals surface area contributed by atoms with Crippen LogP contribution >= 0.6 is 0 Å². The Bertz CT molecular complexity index is 566. The van der Waals surface area contributed by atoms with Gasteiger partial charge in [-0.1, -0.05) is 12.1 Å². The molecule has 1 heterocycles. The van der Waals surface area contributed by atoms with Crippen LogP contribution in [0.1, 0.15) is 24.5 Å². The maximum Gasteiger partial charge on any atom is 0.175 e. The van der Waals surface area contributed by atoms with E-state index in [2.05, 4.69) is 9.80 Å². The molecule has 0 aliphatic carbocycles. The van der Waals surface area contributed by atoms with E-state index >= 15 is 0 Å². The van der Waals surface area contributed by atoms with Gasteiger partial charge in [0.25, 0.3) is 0 Å². The van der Waals surface area contributed by atoms with Gasteiger partial charge >= 0.3 is 0 Å². The van der Waals surface area contributed by atoms with Crippen LogP contribution in [-0.4, -0.2) is 69.4 Å². The Morgan fingerprint density at radius 2 is 1.82 bits per heavy atom. The minimum atomic E-state index is -3.18. The summed E-state index contributed by atoms with van der Waals surface area (Å²) in [7, 11) is -1.18. The zero-order chi connectivity index (χ0) is 16.2. The van der Waals surface area contributed by atoms with Crippen LogP contribution in [0.2, 0.25) is 0 Å². The standard InChI is InChI=1S/C16H26N2O3S/c1-17(11-12-18-9-3-4-10-18)13-16(19)14-5-7-15(8-6-14)22(2,20)21/h5-8,16,19H,3-4,9-13H2,1-2H3. The first kappa shape index (κ1) is 17.4. The molecule has 0 amide bonds. The Hall–Kier alpha value is -0.950. The van der Waals surface area contributed by atoms with Crippen molar-refractivity contribution in [3.63, 3.8) is 0 Å². The Labute approximate surface area is 133 Å². The smallest absolute Gasteiger partial charge is 0.175 e. The van der Waals surface area contributed by atoms with Gasteiger partial charge in [0.15, 0.2) is 9.84 Å². The third-order valence-corrected chi connectivity index (χ3v) is 5.30. The van der Waals surface area contributed by atoms with Crippen molar-refractivity contribution in [1.82, 2.24) is 9.80 Å². The van der Waals surface area contributed by atoms with Gasteiger partial charge in [-0.05, 0) is 50.7 Å². The summed E-state index contributed by atoms with van der Waals surface area (Å²) in [5.41, 5.74) is 0.750. The number of likely N-dealkylation sites (tertiary alicyclic amines) is 1. The summed E-state index contributed by atoms with van der Waals surface area (Å²) < 4.78 is 22.9. The summed E-state index contributed by atoms with van der Waals surface area (Å²) in [5.74, 6) is 0. The Kier molecular flexibility index (Phi) is 5.97. The lowest BCUT2D eigenvalue weighted by Gasteiger charge is -2.23. The number of hydrogen-bond acceptors (Lipinski definition) is 5. The van der Waals surface area contributed by atoms with Crippen molar-refractivity contribution in [2.24, 2.45) is 0 Å². The lowest BCUT2D eigenvalue weighted by Crippen LogP contribution is -2.33. The molecule has 0 aromatic heterocycles. The number of rotatable bonds is 7. The summed E-state index contributed by atoms with van der Waals surface area (Å²) in [6, 6.07) is 6.49. The van der Waals surface area contributed by atoms with Gasteiger partial charge in [-0.2, -0.15) is 0 Å². The van der Waals surface area contributed by atoms with E-state index in [-0.39, 0.29) is 4.90 Å². The molecule has 1 aliphatic heterocycles. The van der Waals surface area contributed by atoms with E-state index in [1.807, 2.05) is 7.05 Å². The predicted molar refractivity (Wildman–Crippen MR) is 87.7 cm³/mol. The Morgan fingerprint density at radius 3 is 2.36 bits per heavy atom. The molecule has 1 aromatic carbocycles. The first-order chi connectivity index (χ1) is 10.4. The van der Waals surface area contributed by atoms with Crippen molar-refractivity contribution in [2.75, 3.05) is 46.0 Å². The highest BCUT2D eigenvalue weighted by molar-refractivity contribution is 7.90. The number of benzene rings is 1. The van der Waals surface area contributed by atoms with E-state index in [1.54, 1.807) is 24.3 Å². The Balaban J connectivity index is 1.84. The minimum Gasteiger partial charge on any atom is -0.387 e. The van der Waals surface area contributed by atoms with Gasteiger partial charge in [-0.15, -0.1) is 0 Å². The van der Waals surface area contributed by atoms with Gasteiger partial charge in [-0.3, -0.25) is 0 Å². The molecule has 1 fully saturated rings. The number of aliphatic hydroxyl groups excluding tert-OH is 1. The predicted octanol–water partition coefficient (Wildman–Crippen LogP) is 1.15. The van der Waals surface area contributed by atoms with Crippen molar-refractivity contribution >= 4 is 9.84 Å². The number of aliphatic hydroxyl groups is 1. The highest BCUT2D eigenvalue weighted by Gasteiger charge is 2.15. The van der Waals surface area contributed by atoms with Crippen molar-refractivity contribution in [3.05, 3.63) is 29.8 Å². The fourth-order valence-corrected chi connectivity index (χ4v) is 3.38. The van der Waals surface area contributed by atoms with Crippen molar-refractivity contribution in [1.29, 1.82) is 0 Å². The second-order valence-corrected chi connectivity index (χ2v) is 8.18. The summed E-state index contributed by atoms with van der Waals surface area (Å²) in [6.45, 7) is 4.88. The number of likely N-dealkylation sites (N-methyl/N-ethyl adjacent to an activating group) is 1.